The van der Waals surface area contributed by atoms with Crippen molar-refractivity contribution in [3.8, 4) is 0 Å². The van der Waals surface area contributed by atoms with Crippen LogP contribution in [0.5, 0.6) is 0 Å². The first kappa shape index (κ1) is 13.9. The van der Waals surface area contributed by atoms with Gasteiger partial charge in [-0.15, -0.1) is 0 Å². The Kier molecular flexibility index (Phi) is 11.8. The second kappa shape index (κ2) is 11.0. The molecule has 0 radical (unpaired) electrons. The first-order chi connectivity index (χ1) is 6.00. The molecule has 0 spiro atoms. The van der Waals surface area contributed by atoms with Gasteiger partial charge in [-0.3, -0.25) is 0 Å². The maximum absolute atomic E-state index is 5.07. The van der Waals surface area contributed by atoms with E-state index in [2.05, 4.69) is 0 Å². The average molecular weight is 196 g/mol. The van der Waals surface area contributed by atoms with Crippen LogP contribution in [0, 0.1) is 0 Å². The standard InChI is InChI=1S/2C5H10O.Na.H/c2*1-2-4-6-5-3-1;;/h2*1-5H2;;. The van der Waals surface area contributed by atoms with Crippen LogP contribution in [0.4, 0.5) is 0 Å². The third-order valence-corrected chi connectivity index (χ3v) is 2.15. The molecule has 2 aliphatic rings. The molecule has 2 saturated heterocycles. The Hall–Kier alpha value is 0.920. The summed E-state index contributed by atoms with van der Waals surface area (Å²) in [6.07, 6.45) is 7.86. The van der Waals surface area contributed by atoms with Gasteiger partial charge in [0.2, 0.25) is 0 Å². The molecule has 2 fully saturated rings. The normalized spacial score (nSPS) is 22.2. The van der Waals surface area contributed by atoms with E-state index >= 15 is 0 Å². The fraction of sp³-hybridized carbons (Fsp3) is 1.00. The molecule has 0 aromatic rings. The van der Waals surface area contributed by atoms with Crippen molar-refractivity contribution >= 4 is 29.6 Å². The van der Waals surface area contributed by atoms with Crippen molar-refractivity contribution in [1.82, 2.24) is 0 Å². The Morgan fingerprint density at radius 3 is 0.846 bits per heavy atom. The van der Waals surface area contributed by atoms with Gasteiger partial charge in [-0.2, -0.15) is 0 Å². The van der Waals surface area contributed by atoms with Crippen LogP contribution in [-0.4, -0.2) is 56.0 Å². The van der Waals surface area contributed by atoms with E-state index in [1.54, 1.807) is 0 Å². The van der Waals surface area contributed by atoms with Gasteiger partial charge in [-0.1, -0.05) is 0 Å². The number of hydrogen-bond donors (Lipinski definition) is 0. The molecule has 0 N–H and O–H groups in total. The SMILES string of the molecule is C1CCOCC1.C1CCOCC1.[NaH]. The molecule has 74 valence electrons. The van der Waals surface area contributed by atoms with Crippen LogP contribution in [0.1, 0.15) is 38.5 Å². The number of rotatable bonds is 0. The van der Waals surface area contributed by atoms with E-state index in [0.29, 0.717) is 0 Å². The fourth-order valence-corrected chi connectivity index (χ4v) is 1.37. The van der Waals surface area contributed by atoms with Crippen LogP contribution in [-0.2, 0) is 9.47 Å². The van der Waals surface area contributed by atoms with Crippen molar-refractivity contribution in [3.63, 3.8) is 0 Å². The quantitative estimate of drug-likeness (QED) is 0.549. The molecule has 13 heavy (non-hydrogen) atoms. The summed E-state index contributed by atoms with van der Waals surface area (Å²) in [4.78, 5) is 0. The van der Waals surface area contributed by atoms with Crippen LogP contribution < -0.4 is 0 Å². The van der Waals surface area contributed by atoms with E-state index < -0.39 is 0 Å². The topological polar surface area (TPSA) is 18.5 Å². The zero-order valence-corrected chi connectivity index (χ0v) is 7.89. The predicted octanol–water partition coefficient (Wildman–Crippen LogP) is 1.73. The van der Waals surface area contributed by atoms with E-state index in [0.717, 1.165) is 26.4 Å². The van der Waals surface area contributed by atoms with E-state index in [9.17, 15) is 0 Å². The number of hydrogen-bond acceptors (Lipinski definition) is 2. The van der Waals surface area contributed by atoms with E-state index in [-0.39, 0.29) is 29.6 Å². The molecule has 0 aliphatic carbocycles. The Morgan fingerprint density at radius 1 is 0.462 bits per heavy atom. The molecule has 2 nitrogen and oxygen atoms in total. The molecule has 2 aliphatic heterocycles. The third kappa shape index (κ3) is 9.23. The second-order valence-corrected chi connectivity index (χ2v) is 3.35. The molecule has 0 atom stereocenters. The zero-order chi connectivity index (χ0) is 8.49. The molecule has 0 amide bonds. The van der Waals surface area contributed by atoms with Gasteiger partial charge < -0.3 is 9.47 Å². The summed E-state index contributed by atoms with van der Waals surface area (Å²) in [6, 6.07) is 0. The first-order valence-electron chi connectivity index (χ1n) is 5.15. The summed E-state index contributed by atoms with van der Waals surface area (Å²) < 4.78 is 10.1. The minimum absolute atomic E-state index is 0. The number of ether oxygens (including phenoxy) is 2. The van der Waals surface area contributed by atoms with Crippen molar-refractivity contribution < 1.29 is 9.47 Å². The predicted molar refractivity (Wildman–Crippen MR) is 56.5 cm³/mol. The van der Waals surface area contributed by atoms with Crippen LogP contribution in [0.15, 0.2) is 0 Å². The molecule has 0 saturated carbocycles. The van der Waals surface area contributed by atoms with Gasteiger partial charge >= 0.3 is 29.6 Å². The van der Waals surface area contributed by atoms with Crippen molar-refractivity contribution in [1.29, 1.82) is 0 Å². The Bertz CT molecular complexity index is 55.9. The van der Waals surface area contributed by atoms with Crippen molar-refractivity contribution in [2.45, 2.75) is 38.5 Å². The Balaban J connectivity index is 0.000000206. The van der Waals surface area contributed by atoms with E-state index in [1.807, 2.05) is 0 Å². The summed E-state index contributed by atoms with van der Waals surface area (Å²) in [5.41, 5.74) is 0. The molecule has 2 rings (SSSR count). The monoisotopic (exact) mass is 196 g/mol. The van der Waals surface area contributed by atoms with Gasteiger partial charge in [-0.25, -0.2) is 0 Å². The maximum atomic E-state index is 5.07. The van der Waals surface area contributed by atoms with Crippen molar-refractivity contribution in [2.75, 3.05) is 26.4 Å². The van der Waals surface area contributed by atoms with Gasteiger partial charge in [0.15, 0.2) is 0 Å². The summed E-state index contributed by atoms with van der Waals surface area (Å²) >= 11 is 0. The van der Waals surface area contributed by atoms with E-state index in [1.165, 1.54) is 38.5 Å². The molecule has 2 heterocycles. The van der Waals surface area contributed by atoms with E-state index in [4.69, 9.17) is 9.47 Å². The molecule has 0 bridgehead atoms. The van der Waals surface area contributed by atoms with Gasteiger partial charge in [0.05, 0.1) is 0 Å². The third-order valence-electron chi connectivity index (χ3n) is 2.15. The van der Waals surface area contributed by atoms with Gasteiger partial charge in [0, 0.05) is 26.4 Å². The van der Waals surface area contributed by atoms with Crippen molar-refractivity contribution in [2.24, 2.45) is 0 Å². The zero-order valence-electron chi connectivity index (χ0n) is 7.89. The Labute approximate surface area is 104 Å². The van der Waals surface area contributed by atoms with Gasteiger partial charge in [0.25, 0.3) is 0 Å². The molecular formula is C10H21NaO2. The van der Waals surface area contributed by atoms with Crippen molar-refractivity contribution in [3.05, 3.63) is 0 Å². The fourth-order valence-electron chi connectivity index (χ4n) is 1.37. The Morgan fingerprint density at radius 2 is 0.769 bits per heavy atom. The summed E-state index contributed by atoms with van der Waals surface area (Å²) in [6.45, 7) is 4.00. The van der Waals surface area contributed by atoms with Crippen LogP contribution >= 0.6 is 0 Å². The summed E-state index contributed by atoms with van der Waals surface area (Å²) in [5, 5.41) is 0. The van der Waals surface area contributed by atoms with Crippen LogP contribution in [0.3, 0.4) is 0 Å². The molecule has 0 aromatic carbocycles. The van der Waals surface area contributed by atoms with Gasteiger partial charge in [0.1, 0.15) is 0 Å². The second-order valence-electron chi connectivity index (χ2n) is 3.35. The molecule has 0 aromatic heterocycles. The molecule has 0 unspecified atom stereocenters. The van der Waals surface area contributed by atoms with Gasteiger partial charge in [-0.05, 0) is 38.5 Å². The molecule has 3 heteroatoms. The summed E-state index contributed by atoms with van der Waals surface area (Å²) in [7, 11) is 0. The average Bonchev–Trinajstić information content (AvgIpc) is 2.24. The minimum atomic E-state index is 0. The summed E-state index contributed by atoms with van der Waals surface area (Å²) in [5.74, 6) is 0. The van der Waals surface area contributed by atoms with Crippen LogP contribution in [0.2, 0.25) is 0 Å². The molecular weight excluding hydrogens is 175 g/mol. The first-order valence-corrected chi connectivity index (χ1v) is 5.15. The van der Waals surface area contributed by atoms with Crippen LogP contribution in [0.25, 0.3) is 0 Å².